The smallest absolute Gasteiger partial charge is 0.273 e. The van der Waals surface area contributed by atoms with E-state index >= 15 is 0 Å². The van der Waals surface area contributed by atoms with Crippen molar-refractivity contribution in [3.63, 3.8) is 0 Å². The zero-order valence-electron chi connectivity index (χ0n) is 13.9. The lowest BCUT2D eigenvalue weighted by Crippen LogP contribution is -2.41. The first-order valence-electron chi connectivity index (χ1n) is 8.07. The number of carbonyl (C=O) groups is 2. The van der Waals surface area contributed by atoms with Crippen molar-refractivity contribution in [2.45, 2.75) is 39.5 Å². The molecule has 0 spiro atoms. The number of hydrazine groups is 1. The summed E-state index contributed by atoms with van der Waals surface area (Å²) in [6.45, 7) is 5.42. The van der Waals surface area contributed by atoms with Crippen molar-refractivity contribution in [2.24, 2.45) is 0 Å². The second-order valence-electron chi connectivity index (χ2n) is 5.00. The molecule has 1 aromatic carbocycles. The summed E-state index contributed by atoms with van der Waals surface area (Å²) in [6.07, 6.45) is 3.26. The van der Waals surface area contributed by atoms with Crippen LogP contribution in [0.4, 0.5) is 0 Å². The molecule has 1 aromatic rings. The summed E-state index contributed by atoms with van der Waals surface area (Å²) in [6, 6.07) is 6.89. The Kier molecular flexibility index (Phi) is 9.47. The first-order valence-corrected chi connectivity index (χ1v) is 8.07. The number of nitrogens with one attached hydrogen (secondary N) is 2. The van der Waals surface area contributed by atoms with Gasteiger partial charge in [0.2, 0.25) is 5.91 Å². The largest absolute Gasteiger partial charge is 0.490 e. The van der Waals surface area contributed by atoms with Crippen molar-refractivity contribution < 1.29 is 19.1 Å². The molecule has 0 aliphatic carbocycles. The lowest BCUT2D eigenvalue weighted by Gasteiger charge is -2.12. The number of carbonyl (C=O) groups excluding carboxylic acids is 2. The third kappa shape index (κ3) is 7.65. The first kappa shape index (κ1) is 19.0. The fourth-order valence-corrected chi connectivity index (χ4v) is 1.93. The van der Waals surface area contributed by atoms with Gasteiger partial charge in [0.15, 0.2) is 0 Å². The molecular formula is C17H26N2O4. The van der Waals surface area contributed by atoms with E-state index in [0.717, 1.165) is 19.3 Å². The van der Waals surface area contributed by atoms with Crippen molar-refractivity contribution in [3.8, 4) is 5.75 Å². The van der Waals surface area contributed by atoms with Crippen LogP contribution in [-0.4, -0.2) is 31.6 Å². The molecule has 1 rings (SSSR count). The molecule has 2 N–H and O–H groups in total. The zero-order chi connectivity index (χ0) is 16.9. The number of unbranched alkanes of at least 4 members (excludes halogenated alkanes) is 2. The Morgan fingerprint density at radius 2 is 1.83 bits per heavy atom. The van der Waals surface area contributed by atoms with E-state index < -0.39 is 5.91 Å². The van der Waals surface area contributed by atoms with Gasteiger partial charge in [0.05, 0.1) is 12.2 Å². The lowest BCUT2D eigenvalue weighted by molar-refractivity contribution is -0.121. The highest BCUT2D eigenvalue weighted by atomic mass is 16.5. The van der Waals surface area contributed by atoms with Crippen LogP contribution in [0.5, 0.6) is 5.75 Å². The van der Waals surface area contributed by atoms with E-state index in [1.165, 1.54) is 0 Å². The molecule has 6 heteroatoms. The van der Waals surface area contributed by atoms with Gasteiger partial charge in [-0.05, 0) is 25.5 Å². The maximum absolute atomic E-state index is 12.2. The molecular weight excluding hydrogens is 296 g/mol. The van der Waals surface area contributed by atoms with Crippen molar-refractivity contribution in [2.75, 3.05) is 19.8 Å². The monoisotopic (exact) mass is 322 g/mol. The van der Waals surface area contributed by atoms with Gasteiger partial charge in [0, 0.05) is 13.0 Å². The Balaban J connectivity index is 2.47. The Morgan fingerprint density at radius 3 is 2.57 bits per heavy atom. The van der Waals surface area contributed by atoms with Gasteiger partial charge in [-0.3, -0.25) is 20.4 Å². The fraction of sp³-hybridized carbons (Fsp3) is 0.529. The van der Waals surface area contributed by atoms with Crippen molar-refractivity contribution >= 4 is 11.8 Å². The number of para-hydroxylation sites is 1. The van der Waals surface area contributed by atoms with E-state index in [2.05, 4.69) is 17.8 Å². The minimum atomic E-state index is -0.402. The predicted octanol–water partition coefficient (Wildman–Crippen LogP) is 2.44. The summed E-state index contributed by atoms with van der Waals surface area (Å²) < 4.78 is 10.7. The molecule has 0 saturated carbocycles. The topological polar surface area (TPSA) is 76.7 Å². The van der Waals surface area contributed by atoms with Gasteiger partial charge in [-0.1, -0.05) is 31.9 Å². The molecule has 0 fully saturated rings. The van der Waals surface area contributed by atoms with E-state index in [-0.39, 0.29) is 5.91 Å². The molecule has 0 heterocycles. The van der Waals surface area contributed by atoms with Gasteiger partial charge in [-0.25, -0.2) is 0 Å². The predicted molar refractivity (Wildman–Crippen MR) is 88.2 cm³/mol. The highest BCUT2D eigenvalue weighted by Crippen LogP contribution is 2.17. The van der Waals surface area contributed by atoms with Crippen LogP contribution in [0, 0.1) is 0 Å². The van der Waals surface area contributed by atoms with Gasteiger partial charge in [0.25, 0.3) is 5.91 Å². The molecule has 128 valence electrons. The lowest BCUT2D eigenvalue weighted by atomic mass is 10.2. The second-order valence-corrected chi connectivity index (χ2v) is 5.00. The Hall–Kier alpha value is -2.08. The zero-order valence-corrected chi connectivity index (χ0v) is 13.9. The van der Waals surface area contributed by atoms with Crippen LogP contribution in [0.15, 0.2) is 24.3 Å². The number of hydrogen-bond donors (Lipinski definition) is 2. The highest BCUT2D eigenvalue weighted by Gasteiger charge is 2.12. The summed E-state index contributed by atoms with van der Waals surface area (Å²) in [5.74, 6) is -0.132. The number of benzene rings is 1. The molecule has 0 aromatic heterocycles. The van der Waals surface area contributed by atoms with E-state index in [0.29, 0.717) is 37.6 Å². The van der Waals surface area contributed by atoms with E-state index in [4.69, 9.17) is 9.47 Å². The van der Waals surface area contributed by atoms with E-state index in [1.54, 1.807) is 24.3 Å². The van der Waals surface area contributed by atoms with Crippen LogP contribution < -0.4 is 15.6 Å². The van der Waals surface area contributed by atoms with Crippen molar-refractivity contribution in [1.82, 2.24) is 10.9 Å². The number of amides is 2. The summed E-state index contributed by atoms with van der Waals surface area (Å²) in [5.41, 5.74) is 5.22. The average Bonchev–Trinajstić information content (AvgIpc) is 2.57. The number of rotatable bonds is 10. The van der Waals surface area contributed by atoms with Crippen molar-refractivity contribution in [1.29, 1.82) is 0 Å². The molecule has 0 aliphatic rings. The SMILES string of the molecule is CCCCCC(=O)NNC(=O)c1ccccc1OCCOCC. The van der Waals surface area contributed by atoms with Crippen LogP contribution >= 0.6 is 0 Å². The minimum Gasteiger partial charge on any atom is -0.490 e. The number of ether oxygens (including phenoxy) is 2. The summed E-state index contributed by atoms with van der Waals surface area (Å²) in [4.78, 5) is 23.8. The summed E-state index contributed by atoms with van der Waals surface area (Å²) in [7, 11) is 0. The molecule has 0 aliphatic heterocycles. The Bertz CT molecular complexity index is 491. The van der Waals surface area contributed by atoms with Gasteiger partial charge in [-0.15, -0.1) is 0 Å². The standard InChI is InChI=1S/C17H26N2O4/c1-3-5-6-11-16(20)18-19-17(21)14-9-7-8-10-15(14)23-13-12-22-4-2/h7-10H,3-6,11-13H2,1-2H3,(H,18,20)(H,19,21). The molecule has 0 bridgehead atoms. The third-order valence-electron chi connectivity index (χ3n) is 3.14. The quantitative estimate of drug-likeness (QED) is 0.512. The number of hydrogen-bond acceptors (Lipinski definition) is 4. The van der Waals surface area contributed by atoms with E-state index in [1.807, 2.05) is 6.92 Å². The second kappa shape index (κ2) is 11.5. The van der Waals surface area contributed by atoms with Gasteiger partial charge >= 0.3 is 0 Å². The van der Waals surface area contributed by atoms with Crippen LogP contribution in [-0.2, 0) is 9.53 Å². The highest BCUT2D eigenvalue weighted by molar-refractivity contribution is 5.97. The molecule has 0 atom stereocenters. The van der Waals surface area contributed by atoms with Crippen LogP contribution in [0.2, 0.25) is 0 Å². The Labute approximate surface area is 137 Å². The van der Waals surface area contributed by atoms with E-state index in [9.17, 15) is 9.59 Å². The maximum Gasteiger partial charge on any atom is 0.273 e. The van der Waals surface area contributed by atoms with Crippen LogP contribution in [0.1, 0.15) is 49.9 Å². The molecule has 0 radical (unpaired) electrons. The van der Waals surface area contributed by atoms with Gasteiger partial charge in [0.1, 0.15) is 12.4 Å². The van der Waals surface area contributed by atoms with Gasteiger partial charge in [-0.2, -0.15) is 0 Å². The molecule has 23 heavy (non-hydrogen) atoms. The summed E-state index contributed by atoms with van der Waals surface area (Å²) >= 11 is 0. The van der Waals surface area contributed by atoms with Crippen LogP contribution in [0.3, 0.4) is 0 Å². The molecule has 6 nitrogen and oxygen atoms in total. The third-order valence-corrected chi connectivity index (χ3v) is 3.14. The van der Waals surface area contributed by atoms with Crippen molar-refractivity contribution in [3.05, 3.63) is 29.8 Å². The molecule has 0 saturated heterocycles. The Morgan fingerprint density at radius 1 is 1.04 bits per heavy atom. The molecule has 2 amide bonds. The average molecular weight is 322 g/mol. The van der Waals surface area contributed by atoms with Crippen LogP contribution in [0.25, 0.3) is 0 Å². The minimum absolute atomic E-state index is 0.193. The fourth-order valence-electron chi connectivity index (χ4n) is 1.93. The molecule has 0 unspecified atom stereocenters. The normalized spacial score (nSPS) is 10.2. The maximum atomic E-state index is 12.2. The first-order chi connectivity index (χ1) is 11.2. The summed E-state index contributed by atoms with van der Waals surface area (Å²) in [5, 5.41) is 0. The van der Waals surface area contributed by atoms with Gasteiger partial charge < -0.3 is 9.47 Å².